The molecule has 0 aliphatic carbocycles. The van der Waals surface area contributed by atoms with Crippen LogP contribution < -0.4 is 0 Å². The van der Waals surface area contributed by atoms with Crippen molar-refractivity contribution >= 4 is 35.5 Å². The van der Waals surface area contributed by atoms with Crippen molar-refractivity contribution in [1.29, 1.82) is 5.26 Å². The molecule has 0 N–H and O–H groups in total. The summed E-state index contributed by atoms with van der Waals surface area (Å²) in [5, 5.41) is 11.2. The Morgan fingerprint density at radius 1 is 1.03 bits per heavy atom. The van der Waals surface area contributed by atoms with Gasteiger partial charge in [0, 0.05) is 22.4 Å². The summed E-state index contributed by atoms with van der Waals surface area (Å²) in [4.78, 5) is 4.52. The number of allylic oxidation sites excluding steroid dienone is 2. The quantitative estimate of drug-likeness (QED) is 0.259. The molecule has 32 heavy (non-hydrogen) atoms. The summed E-state index contributed by atoms with van der Waals surface area (Å²) >= 11 is 11.4. The zero-order chi connectivity index (χ0) is 24.3. The van der Waals surface area contributed by atoms with Crippen molar-refractivity contribution in [1.82, 2.24) is 0 Å². The highest BCUT2D eigenvalue weighted by atomic mass is 35.5. The predicted molar refractivity (Wildman–Crippen MR) is 144 cm³/mol. The highest BCUT2D eigenvalue weighted by molar-refractivity contribution is 7.84. The van der Waals surface area contributed by atoms with Gasteiger partial charge in [0.15, 0.2) is 0 Å². The lowest BCUT2D eigenvalue weighted by Gasteiger charge is -2.25. The third-order valence-electron chi connectivity index (χ3n) is 6.12. The van der Waals surface area contributed by atoms with Crippen molar-refractivity contribution < 1.29 is 0 Å². The first kappa shape index (κ1) is 26.0. The maximum absolute atomic E-state index is 10.0. The summed E-state index contributed by atoms with van der Waals surface area (Å²) in [6, 6.07) is 6.69. The minimum absolute atomic E-state index is 0.473. The van der Waals surface area contributed by atoms with Gasteiger partial charge in [-0.3, -0.25) is 0 Å². The fourth-order valence-corrected chi connectivity index (χ4v) is 4.98. The first-order valence-corrected chi connectivity index (χ1v) is 11.8. The van der Waals surface area contributed by atoms with E-state index in [4.69, 9.17) is 11.6 Å². The molecule has 0 heterocycles. The van der Waals surface area contributed by atoms with Crippen LogP contribution in [0, 0.1) is 32.1 Å². The fourth-order valence-electron chi connectivity index (χ4n) is 4.52. The highest BCUT2D eigenvalue weighted by Gasteiger charge is 2.25. The molecule has 2 aromatic carbocycles. The van der Waals surface area contributed by atoms with E-state index in [2.05, 4.69) is 70.1 Å². The highest BCUT2D eigenvalue weighted by Crippen LogP contribution is 2.44. The molecule has 0 aliphatic heterocycles. The van der Waals surface area contributed by atoms with Gasteiger partial charge in [-0.1, -0.05) is 49.7 Å². The van der Waals surface area contributed by atoms with Crippen molar-refractivity contribution in [3.63, 3.8) is 0 Å². The molecular weight excluding hydrogens is 432 g/mol. The fraction of sp³-hybridized carbons (Fsp3) is 0.357. The van der Waals surface area contributed by atoms with E-state index in [1.165, 1.54) is 11.1 Å². The second-order valence-corrected chi connectivity index (χ2v) is 9.28. The van der Waals surface area contributed by atoms with Gasteiger partial charge >= 0.3 is 0 Å². The van der Waals surface area contributed by atoms with Gasteiger partial charge in [-0.05, 0) is 87.8 Å². The average molecular weight is 465 g/mol. The number of hydrogen-bond donors (Lipinski definition) is 1. The zero-order valence-electron chi connectivity index (χ0n) is 20.5. The topological polar surface area (TPSA) is 36.1 Å². The number of benzene rings is 2. The van der Waals surface area contributed by atoms with E-state index in [0.717, 1.165) is 63.1 Å². The number of nitriles is 1. The smallest absolute Gasteiger partial charge is 0.0997 e. The number of hydrogen-bond acceptors (Lipinski definition) is 3. The second-order valence-electron chi connectivity index (χ2n) is 8.38. The molecule has 0 radical (unpaired) electrons. The average Bonchev–Trinajstić information content (AvgIpc) is 2.72. The van der Waals surface area contributed by atoms with Gasteiger partial charge in [-0.25, -0.2) is 4.99 Å². The molecule has 0 aliphatic rings. The number of rotatable bonds is 6. The van der Waals surface area contributed by atoms with Crippen LogP contribution in [0.3, 0.4) is 0 Å². The molecule has 2 nitrogen and oxygen atoms in total. The molecule has 4 heteroatoms. The Hall–Kier alpha value is -2.28. The van der Waals surface area contributed by atoms with Crippen molar-refractivity contribution in [3.8, 4) is 17.2 Å². The van der Waals surface area contributed by atoms with Crippen LogP contribution in [-0.2, 0) is 12.8 Å². The lowest BCUT2D eigenvalue weighted by atomic mass is 9.81. The molecule has 2 rings (SSSR count). The molecule has 0 atom stereocenters. The summed E-state index contributed by atoms with van der Waals surface area (Å²) in [6.45, 7) is 20.3. The van der Waals surface area contributed by atoms with Gasteiger partial charge in [0.1, 0.15) is 0 Å². The largest absolute Gasteiger partial charge is 0.247 e. The van der Waals surface area contributed by atoms with Crippen LogP contribution in [0.4, 0.5) is 0 Å². The molecule has 0 aromatic heterocycles. The zero-order valence-corrected chi connectivity index (χ0v) is 22.1. The minimum Gasteiger partial charge on any atom is -0.247 e. The van der Waals surface area contributed by atoms with Crippen molar-refractivity contribution in [2.45, 2.75) is 68.2 Å². The van der Waals surface area contributed by atoms with Gasteiger partial charge in [-0.2, -0.15) is 5.26 Å². The molecule has 0 spiro atoms. The predicted octanol–water partition coefficient (Wildman–Crippen LogP) is 8.58. The van der Waals surface area contributed by atoms with E-state index >= 15 is 0 Å². The Kier molecular flexibility index (Phi) is 8.57. The summed E-state index contributed by atoms with van der Waals surface area (Å²) < 4.78 is 0. The van der Waals surface area contributed by atoms with Crippen LogP contribution in [0.5, 0.6) is 0 Å². The molecular formula is C28H33ClN2S. The van der Waals surface area contributed by atoms with Crippen molar-refractivity contribution in [2.24, 2.45) is 4.99 Å². The molecule has 0 amide bonds. The Labute approximate surface area is 204 Å². The first-order valence-electron chi connectivity index (χ1n) is 11.0. The number of thiol groups is 1. The first-order chi connectivity index (χ1) is 15.0. The minimum atomic E-state index is 0.473. The van der Waals surface area contributed by atoms with E-state index < -0.39 is 0 Å². The third-order valence-corrected chi connectivity index (χ3v) is 6.70. The molecule has 0 saturated heterocycles. The Morgan fingerprint density at radius 3 is 2.09 bits per heavy atom. The second kappa shape index (κ2) is 10.6. The lowest BCUT2D eigenvalue weighted by Crippen LogP contribution is -2.11. The van der Waals surface area contributed by atoms with Gasteiger partial charge in [0.2, 0.25) is 0 Å². The van der Waals surface area contributed by atoms with Crippen molar-refractivity contribution in [2.75, 3.05) is 0 Å². The normalized spacial score (nSPS) is 11.3. The van der Waals surface area contributed by atoms with Crippen LogP contribution in [0.15, 0.2) is 34.3 Å². The van der Waals surface area contributed by atoms with Crippen LogP contribution in [0.2, 0.25) is 5.02 Å². The van der Waals surface area contributed by atoms with E-state index in [-0.39, 0.29) is 0 Å². The molecule has 0 bridgehead atoms. The van der Waals surface area contributed by atoms with Crippen LogP contribution in [0.1, 0.15) is 73.6 Å². The van der Waals surface area contributed by atoms with Crippen LogP contribution in [0.25, 0.3) is 16.7 Å². The molecule has 2 aromatic rings. The van der Waals surface area contributed by atoms with E-state index in [1.807, 2.05) is 27.7 Å². The van der Waals surface area contributed by atoms with Gasteiger partial charge in [-0.15, -0.1) is 12.6 Å². The summed E-state index contributed by atoms with van der Waals surface area (Å²) in [6.07, 6.45) is 1.67. The Bertz CT molecular complexity index is 1190. The molecule has 0 saturated carbocycles. The molecule has 0 unspecified atom stereocenters. The van der Waals surface area contributed by atoms with Gasteiger partial charge in [0.05, 0.1) is 21.7 Å². The van der Waals surface area contributed by atoms with E-state index in [1.54, 1.807) is 0 Å². The SMILES string of the molecule is C=C(S)/N=C(/C)c1c(C)c(Cl)c(-c2ccc(C)c(C)c2C(C#N)=C(C)C)c(CC)c1CC. The number of halogens is 1. The maximum atomic E-state index is 10.0. The van der Waals surface area contributed by atoms with Crippen LogP contribution in [-0.4, -0.2) is 5.71 Å². The number of aliphatic imine (C=N–C) groups is 1. The maximum Gasteiger partial charge on any atom is 0.0997 e. The number of nitrogens with zero attached hydrogens (tertiary/aromatic N) is 2. The van der Waals surface area contributed by atoms with Crippen molar-refractivity contribution in [3.05, 3.63) is 73.3 Å². The third kappa shape index (κ3) is 4.72. The summed E-state index contributed by atoms with van der Waals surface area (Å²) in [5.74, 6) is 0. The number of aryl methyl sites for hydroxylation is 1. The summed E-state index contributed by atoms with van der Waals surface area (Å²) in [7, 11) is 0. The Balaban J connectivity index is 3.14. The van der Waals surface area contributed by atoms with Gasteiger partial charge < -0.3 is 0 Å². The Morgan fingerprint density at radius 2 is 1.62 bits per heavy atom. The van der Waals surface area contributed by atoms with E-state index in [9.17, 15) is 5.26 Å². The standard InChI is InChI=1S/C28H33ClN2S/c1-10-21-22(11-2)27(28(29)18(7)25(21)19(8)31-20(9)32)23-13-12-16(5)17(6)26(23)24(14-30)15(3)4/h12-13,32H,9-11H2,1-8H3/b31-19-. The molecule has 0 fully saturated rings. The monoisotopic (exact) mass is 464 g/mol. The molecule has 168 valence electrons. The summed E-state index contributed by atoms with van der Waals surface area (Å²) in [5.41, 5.74) is 12.4. The van der Waals surface area contributed by atoms with Gasteiger partial charge in [0.25, 0.3) is 0 Å². The van der Waals surface area contributed by atoms with Crippen LogP contribution >= 0.6 is 24.2 Å². The van der Waals surface area contributed by atoms with E-state index in [0.29, 0.717) is 15.6 Å². The lowest BCUT2D eigenvalue weighted by molar-refractivity contribution is 1.03.